The van der Waals surface area contributed by atoms with Crippen LogP contribution in [-0.4, -0.2) is 30.0 Å². The second kappa shape index (κ2) is 6.92. The van der Waals surface area contributed by atoms with Gasteiger partial charge in [-0.05, 0) is 31.4 Å². The summed E-state index contributed by atoms with van der Waals surface area (Å²) in [5, 5.41) is 17.0. The van der Waals surface area contributed by atoms with Gasteiger partial charge in [0.1, 0.15) is 11.7 Å². The van der Waals surface area contributed by atoms with E-state index < -0.39 is 11.0 Å². The predicted octanol–water partition coefficient (Wildman–Crippen LogP) is 2.07. The van der Waals surface area contributed by atoms with Crippen molar-refractivity contribution in [2.45, 2.75) is 32.2 Å². The van der Waals surface area contributed by atoms with E-state index in [4.69, 9.17) is 4.74 Å². The summed E-state index contributed by atoms with van der Waals surface area (Å²) in [6.45, 7) is 2.99. The molecule has 1 atom stereocenters. The van der Waals surface area contributed by atoms with Crippen LogP contribution < -0.4 is 15.4 Å². The van der Waals surface area contributed by atoms with Gasteiger partial charge in [0.2, 0.25) is 5.91 Å². The van der Waals surface area contributed by atoms with Gasteiger partial charge >= 0.3 is 5.69 Å². The molecule has 1 fully saturated rings. The first-order chi connectivity index (χ1) is 10.1. The monoisotopic (exact) mass is 293 g/mol. The van der Waals surface area contributed by atoms with Crippen molar-refractivity contribution in [1.82, 2.24) is 5.32 Å². The van der Waals surface area contributed by atoms with E-state index in [9.17, 15) is 14.9 Å². The number of nitro benzene ring substituents is 1. The number of rotatable bonds is 6. The Balaban J connectivity index is 2.25. The van der Waals surface area contributed by atoms with Crippen LogP contribution in [-0.2, 0) is 4.79 Å². The van der Waals surface area contributed by atoms with E-state index in [1.165, 1.54) is 0 Å². The van der Waals surface area contributed by atoms with E-state index in [1.54, 1.807) is 18.2 Å². The third kappa shape index (κ3) is 3.62. The van der Waals surface area contributed by atoms with E-state index in [-0.39, 0.29) is 17.3 Å². The van der Waals surface area contributed by atoms with Crippen LogP contribution in [0, 0.1) is 10.1 Å². The molecule has 0 bridgehead atoms. The van der Waals surface area contributed by atoms with E-state index in [2.05, 4.69) is 10.6 Å². The number of nitrogens with zero attached hydrogens (tertiary/aromatic N) is 1. The molecular weight excluding hydrogens is 274 g/mol. The Hall–Kier alpha value is -2.31. The lowest BCUT2D eigenvalue weighted by Crippen LogP contribution is -2.44. The van der Waals surface area contributed by atoms with Gasteiger partial charge in [-0.25, -0.2) is 0 Å². The van der Waals surface area contributed by atoms with Gasteiger partial charge in [-0.2, -0.15) is 0 Å². The van der Waals surface area contributed by atoms with Crippen molar-refractivity contribution >= 4 is 17.3 Å². The summed E-state index contributed by atoms with van der Waals surface area (Å²) in [6.07, 6.45) is 2.27. The topological polar surface area (TPSA) is 93.5 Å². The number of carbonyl (C=O) groups excluding carboxylic acids is 1. The summed E-state index contributed by atoms with van der Waals surface area (Å²) in [7, 11) is 0. The molecule has 2 N–H and O–H groups in total. The molecule has 2 rings (SSSR count). The first-order valence-corrected chi connectivity index (χ1v) is 7.08. The fraction of sp³-hybridized carbons (Fsp3) is 0.500. The van der Waals surface area contributed by atoms with Gasteiger partial charge in [0.05, 0.1) is 11.5 Å². The number of carbonyl (C=O) groups is 1. The van der Waals surface area contributed by atoms with Gasteiger partial charge in [-0.1, -0.05) is 13.0 Å². The Kier molecular flexibility index (Phi) is 4.97. The van der Waals surface area contributed by atoms with Crippen LogP contribution in [0.25, 0.3) is 0 Å². The molecule has 1 aliphatic rings. The molecule has 114 valence electrons. The molecule has 0 aliphatic carbocycles. The highest BCUT2D eigenvalue weighted by Gasteiger charge is 2.27. The first-order valence-electron chi connectivity index (χ1n) is 7.08. The minimum absolute atomic E-state index is 0.121. The first kappa shape index (κ1) is 15.1. The molecule has 1 aromatic carbocycles. The summed E-state index contributed by atoms with van der Waals surface area (Å²) in [6, 6.07) is 4.40. The maximum atomic E-state index is 11.8. The molecule has 1 unspecified atom stereocenters. The van der Waals surface area contributed by atoms with Crippen LogP contribution in [0.4, 0.5) is 11.4 Å². The van der Waals surface area contributed by atoms with Crippen molar-refractivity contribution in [3.8, 4) is 5.75 Å². The van der Waals surface area contributed by atoms with Crippen molar-refractivity contribution in [2.24, 2.45) is 0 Å². The summed E-state index contributed by atoms with van der Waals surface area (Å²) in [5.74, 6) is 0.0958. The minimum atomic E-state index is -0.478. The Morgan fingerprint density at radius 2 is 2.33 bits per heavy atom. The number of nitro groups is 1. The fourth-order valence-corrected chi connectivity index (χ4v) is 2.25. The van der Waals surface area contributed by atoms with Crippen LogP contribution in [0.2, 0.25) is 0 Å². The van der Waals surface area contributed by atoms with Crippen molar-refractivity contribution < 1.29 is 14.5 Å². The average Bonchev–Trinajstić information content (AvgIpc) is 2.47. The molecule has 0 spiro atoms. The van der Waals surface area contributed by atoms with Gasteiger partial charge in [-0.15, -0.1) is 0 Å². The standard InChI is InChI=1S/C14H19N3O4/c1-2-9-21-12-7-3-5-10(13(12)17(19)20)16-11-6-4-8-15-14(11)18/h3,5,7,11,16H,2,4,6,8-9H2,1H3,(H,15,18). The molecule has 21 heavy (non-hydrogen) atoms. The highest BCUT2D eigenvalue weighted by molar-refractivity contribution is 5.86. The number of hydrogen-bond acceptors (Lipinski definition) is 5. The third-order valence-electron chi connectivity index (χ3n) is 3.26. The Morgan fingerprint density at radius 3 is 3.00 bits per heavy atom. The minimum Gasteiger partial charge on any atom is -0.487 e. The Bertz CT molecular complexity index is 533. The highest BCUT2D eigenvalue weighted by atomic mass is 16.6. The van der Waals surface area contributed by atoms with E-state index in [0.29, 0.717) is 25.3 Å². The molecule has 0 radical (unpaired) electrons. The summed E-state index contributed by atoms with van der Waals surface area (Å²) in [5.41, 5.74) is 0.194. The number of para-hydroxylation sites is 1. The number of piperidine rings is 1. The number of hydrogen-bond donors (Lipinski definition) is 2. The molecule has 1 saturated heterocycles. The summed E-state index contributed by atoms with van der Waals surface area (Å²) in [4.78, 5) is 22.6. The lowest BCUT2D eigenvalue weighted by atomic mass is 10.1. The molecule has 0 aromatic heterocycles. The summed E-state index contributed by atoms with van der Waals surface area (Å²) >= 11 is 0. The smallest absolute Gasteiger partial charge is 0.333 e. The lowest BCUT2D eigenvalue weighted by molar-refractivity contribution is -0.385. The van der Waals surface area contributed by atoms with Crippen molar-refractivity contribution in [3.05, 3.63) is 28.3 Å². The van der Waals surface area contributed by atoms with Crippen LogP contribution in [0.1, 0.15) is 26.2 Å². The van der Waals surface area contributed by atoms with Crippen molar-refractivity contribution in [2.75, 3.05) is 18.5 Å². The van der Waals surface area contributed by atoms with Crippen molar-refractivity contribution in [3.63, 3.8) is 0 Å². The average molecular weight is 293 g/mol. The third-order valence-corrected chi connectivity index (χ3v) is 3.26. The molecule has 7 nitrogen and oxygen atoms in total. The van der Waals surface area contributed by atoms with Gasteiger partial charge in [0, 0.05) is 6.54 Å². The quantitative estimate of drug-likeness (QED) is 0.618. The molecule has 1 amide bonds. The molecule has 7 heteroatoms. The maximum Gasteiger partial charge on any atom is 0.333 e. The van der Waals surface area contributed by atoms with Gasteiger partial charge in [0.25, 0.3) is 0 Å². The predicted molar refractivity (Wildman–Crippen MR) is 78.5 cm³/mol. The zero-order valence-corrected chi connectivity index (χ0v) is 11.9. The van der Waals surface area contributed by atoms with Gasteiger partial charge < -0.3 is 15.4 Å². The Labute approximate surface area is 122 Å². The van der Waals surface area contributed by atoms with E-state index in [1.807, 2.05) is 6.92 Å². The molecular formula is C14H19N3O4. The van der Waals surface area contributed by atoms with Crippen molar-refractivity contribution in [1.29, 1.82) is 0 Å². The van der Waals surface area contributed by atoms with Crippen LogP contribution in [0.5, 0.6) is 5.75 Å². The molecule has 0 saturated carbocycles. The number of ether oxygens (including phenoxy) is 1. The number of amides is 1. The number of anilines is 1. The summed E-state index contributed by atoms with van der Waals surface area (Å²) < 4.78 is 5.42. The van der Waals surface area contributed by atoms with Crippen LogP contribution in [0.3, 0.4) is 0 Å². The van der Waals surface area contributed by atoms with E-state index in [0.717, 1.165) is 12.8 Å². The highest BCUT2D eigenvalue weighted by Crippen LogP contribution is 2.35. The Morgan fingerprint density at radius 1 is 1.52 bits per heavy atom. The molecule has 1 aromatic rings. The largest absolute Gasteiger partial charge is 0.487 e. The second-order valence-corrected chi connectivity index (χ2v) is 4.89. The van der Waals surface area contributed by atoms with Gasteiger partial charge in [0.15, 0.2) is 5.75 Å². The maximum absolute atomic E-state index is 11.8. The zero-order chi connectivity index (χ0) is 15.2. The fourth-order valence-electron chi connectivity index (χ4n) is 2.25. The van der Waals surface area contributed by atoms with E-state index >= 15 is 0 Å². The normalized spacial score (nSPS) is 18.0. The molecule has 1 aliphatic heterocycles. The SMILES string of the molecule is CCCOc1cccc(NC2CCCNC2=O)c1[N+](=O)[O-]. The second-order valence-electron chi connectivity index (χ2n) is 4.89. The number of benzene rings is 1. The zero-order valence-electron chi connectivity index (χ0n) is 11.9. The number of nitrogens with one attached hydrogen (secondary N) is 2. The lowest BCUT2D eigenvalue weighted by Gasteiger charge is -2.23. The van der Waals surface area contributed by atoms with Crippen LogP contribution >= 0.6 is 0 Å². The molecule has 1 heterocycles. The van der Waals surface area contributed by atoms with Crippen LogP contribution in [0.15, 0.2) is 18.2 Å². The van der Waals surface area contributed by atoms with Gasteiger partial charge in [-0.3, -0.25) is 14.9 Å².